The van der Waals surface area contributed by atoms with Crippen LogP contribution in [0.4, 0.5) is 11.6 Å². The van der Waals surface area contributed by atoms with Crippen molar-refractivity contribution in [1.82, 2.24) is 9.97 Å². The molecule has 0 saturated heterocycles. The van der Waals surface area contributed by atoms with Crippen LogP contribution in [0.15, 0.2) is 6.07 Å². The number of nitrogens with two attached hydrogens (primary N) is 1. The molecule has 21 heavy (non-hydrogen) atoms. The predicted molar refractivity (Wildman–Crippen MR) is 80.7 cm³/mol. The third-order valence-electron chi connectivity index (χ3n) is 2.74. The molecule has 1 rings (SSSR count). The minimum absolute atomic E-state index is 0.281. The first-order chi connectivity index (χ1) is 9.96. The zero-order valence-electron chi connectivity index (χ0n) is 13.0. The van der Waals surface area contributed by atoms with Gasteiger partial charge in [0.15, 0.2) is 5.82 Å². The highest BCUT2D eigenvalue weighted by atomic mass is 16.5. The maximum absolute atomic E-state index is 11.8. The van der Waals surface area contributed by atoms with Gasteiger partial charge in [-0.15, -0.1) is 0 Å². The molecule has 7 nitrogen and oxygen atoms in total. The van der Waals surface area contributed by atoms with Gasteiger partial charge in [-0.3, -0.25) is 0 Å². The largest absolute Gasteiger partial charge is 0.467 e. The summed E-state index contributed by atoms with van der Waals surface area (Å²) in [6.45, 7) is 6.81. The topological polar surface area (TPSA) is 99.4 Å². The van der Waals surface area contributed by atoms with E-state index in [0.717, 1.165) is 0 Å². The quantitative estimate of drug-likeness (QED) is 0.703. The van der Waals surface area contributed by atoms with Crippen molar-refractivity contribution in [3.8, 4) is 0 Å². The molecule has 0 aromatic carbocycles. The molecule has 0 fully saturated rings. The molecule has 0 aliphatic carbocycles. The zero-order valence-corrected chi connectivity index (χ0v) is 13.0. The summed E-state index contributed by atoms with van der Waals surface area (Å²) in [5.74, 6) is 1.31. The Morgan fingerprint density at radius 2 is 2.14 bits per heavy atom. The van der Waals surface area contributed by atoms with Crippen LogP contribution >= 0.6 is 0 Å². The van der Waals surface area contributed by atoms with Crippen LogP contribution in [0.3, 0.4) is 0 Å². The molecule has 0 radical (unpaired) electrons. The molecule has 0 amide bonds. The number of rotatable bonds is 8. The fraction of sp³-hybridized carbons (Fsp3) is 0.643. The highest BCUT2D eigenvalue weighted by Crippen LogP contribution is 2.15. The Bertz CT molecular complexity index is 466. The average molecular weight is 296 g/mol. The Labute approximate surface area is 125 Å². The molecule has 0 spiro atoms. The molecular weight excluding hydrogens is 272 g/mol. The first-order valence-electron chi connectivity index (χ1n) is 7.01. The number of carbonyl (C=O) groups is 1. The summed E-state index contributed by atoms with van der Waals surface area (Å²) < 4.78 is 10.1. The average Bonchev–Trinajstić information content (AvgIpc) is 2.42. The fourth-order valence-corrected chi connectivity index (χ4v) is 1.86. The lowest BCUT2D eigenvalue weighted by atomic mass is 10.0. The van der Waals surface area contributed by atoms with Gasteiger partial charge in [0.05, 0.1) is 7.11 Å². The Morgan fingerprint density at radius 1 is 1.43 bits per heavy atom. The minimum Gasteiger partial charge on any atom is -0.467 e. The van der Waals surface area contributed by atoms with Gasteiger partial charge >= 0.3 is 5.97 Å². The van der Waals surface area contributed by atoms with E-state index in [4.69, 9.17) is 15.2 Å². The molecular formula is C14H24N4O3. The van der Waals surface area contributed by atoms with E-state index in [1.54, 1.807) is 6.07 Å². The first-order valence-corrected chi connectivity index (χ1v) is 7.01. The normalized spacial score (nSPS) is 12.2. The van der Waals surface area contributed by atoms with Crippen LogP contribution in [-0.2, 0) is 20.9 Å². The van der Waals surface area contributed by atoms with E-state index in [-0.39, 0.29) is 12.6 Å². The summed E-state index contributed by atoms with van der Waals surface area (Å²) in [6.07, 6.45) is 0.636. The maximum Gasteiger partial charge on any atom is 0.328 e. The van der Waals surface area contributed by atoms with Crippen LogP contribution in [-0.4, -0.2) is 35.7 Å². The number of nitrogens with zero attached hydrogens (tertiary/aromatic N) is 2. The van der Waals surface area contributed by atoms with E-state index < -0.39 is 6.04 Å². The van der Waals surface area contributed by atoms with Crippen molar-refractivity contribution in [1.29, 1.82) is 0 Å². The molecule has 0 saturated carbocycles. The monoisotopic (exact) mass is 296 g/mol. The standard InChI is InChI=1S/C14H24N4O3/c1-5-21-8-13-17-11(15)7-12(18-13)16-10(6-9(2)3)14(19)20-4/h7,9-10H,5-6,8H2,1-4H3,(H3,15,16,17,18). The molecule has 3 N–H and O–H groups in total. The van der Waals surface area contributed by atoms with Crippen molar-refractivity contribution in [2.75, 3.05) is 24.8 Å². The number of nitrogens with one attached hydrogen (secondary N) is 1. The number of hydrogen-bond acceptors (Lipinski definition) is 7. The minimum atomic E-state index is -0.468. The van der Waals surface area contributed by atoms with Crippen molar-refractivity contribution in [2.24, 2.45) is 5.92 Å². The van der Waals surface area contributed by atoms with Crippen molar-refractivity contribution in [2.45, 2.75) is 39.8 Å². The molecule has 1 heterocycles. The van der Waals surface area contributed by atoms with Gasteiger partial charge in [0, 0.05) is 12.7 Å². The zero-order chi connectivity index (χ0) is 15.8. The van der Waals surface area contributed by atoms with E-state index >= 15 is 0 Å². The molecule has 0 aliphatic rings. The van der Waals surface area contributed by atoms with Gasteiger partial charge in [-0.25, -0.2) is 14.8 Å². The number of esters is 1. The third-order valence-corrected chi connectivity index (χ3v) is 2.74. The number of hydrogen-bond donors (Lipinski definition) is 2. The Kier molecular flexibility index (Phi) is 6.87. The second-order valence-electron chi connectivity index (χ2n) is 5.08. The van der Waals surface area contributed by atoms with Gasteiger partial charge < -0.3 is 20.5 Å². The lowest BCUT2D eigenvalue weighted by molar-refractivity contribution is -0.141. The van der Waals surface area contributed by atoms with Gasteiger partial charge in [-0.2, -0.15) is 0 Å². The van der Waals surface area contributed by atoms with Crippen LogP contribution in [0, 0.1) is 5.92 Å². The number of anilines is 2. The molecule has 1 aromatic rings. The maximum atomic E-state index is 11.8. The van der Waals surface area contributed by atoms with Crippen LogP contribution in [0.2, 0.25) is 0 Å². The SMILES string of the molecule is CCOCc1nc(N)cc(NC(CC(C)C)C(=O)OC)n1. The van der Waals surface area contributed by atoms with Gasteiger partial charge in [0.2, 0.25) is 0 Å². The van der Waals surface area contributed by atoms with Crippen LogP contribution in [0.1, 0.15) is 33.0 Å². The second-order valence-corrected chi connectivity index (χ2v) is 5.08. The number of ether oxygens (including phenoxy) is 2. The lowest BCUT2D eigenvalue weighted by Gasteiger charge is -2.19. The van der Waals surface area contributed by atoms with Crippen molar-refractivity contribution in [3.63, 3.8) is 0 Å². The van der Waals surface area contributed by atoms with Gasteiger partial charge in [-0.05, 0) is 19.3 Å². The van der Waals surface area contributed by atoms with E-state index in [1.807, 2.05) is 20.8 Å². The smallest absolute Gasteiger partial charge is 0.328 e. The molecule has 1 atom stereocenters. The van der Waals surface area contributed by atoms with E-state index in [2.05, 4.69) is 15.3 Å². The van der Waals surface area contributed by atoms with Crippen LogP contribution in [0.25, 0.3) is 0 Å². The number of methoxy groups -OCH3 is 1. The highest BCUT2D eigenvalue weighted by Gasteiger charge is 2.21. The summed E-state index contributed by atoms with van der Waals surface area (Å²) in [5.41, 5.74) is 5.75. The molecule has 0 bridgehead atoms. The third kappa shape index (κ3) is 5.95. The Balaban J connectivity index is 2.86. The molecule has 1 aromatic heterocycles. The van der Waals surface area contributed by atoms with Gasteiger partial charge in [0.25, 0.3) is 0 Å². The number of aromatic nitrogens is 2. The predicted octanol–water partition coefficient (Wildman–Crippen LogP) is 1.59. The summed E-state index contributed by atoms with van der Waals surface area (Å²) in [6, 6.07) is 1.12. The molecule has 118 valence electrons. The van der Waals surface area contributed by atoms with Crippen molar-refractivity contribution in [3.05, 3.63) is 11.9 Å². The van der Waals surface area contributed by atoms with Crippen LogP contribution in [0.5, 0.6) is 0 Å². The van der Waals surface area contributed by atoms with E-state index in [9.17, 15) is 4.79 Å². The summed E-state index contributed by atoms with van der Waals surface area (Å²) in [5, 5.41) is 3.06. The fourth-order valence-electron chi connectivity index (χ4n) is 1.86. The van der Waals surface area contributed by atoms with E-state index in [1.165, 1.54) is 7.11 Å². The summed E-state index contributed by atoms with van der Waals surface area (Å²) >= 11 is 0. The van der Waals surface area contributed by atoms with E-state index in [0.29, 0.717) is 36.4 Å². The first kappa shape index (κ1) is 17.2. The molecule has 1 unspecified atom stereocenters. The summed E-state index contributed by atoms with van der Waals surface area (Å²) in [7, 11) is 1.37. The second kappa shape index (κ2) is 8.41. The number of carbonyl (C=O) groups excluding carboxylic acids is 1. The number of nitrogen functional groups attached to an aromatic ring is 1. The lowest BCUT2D eigenvalue weighted by Crippen LogP contribution is -2.32. The Hall–Kier alpha value is -1.89. The summed E-state index contributed by atoms with van der Waals surface area (Å²) in [4.78, 5) is 20.2. The van der Waals surface area contributed by atoms with Gasteiger partial charge in [0.1, 0.15) is 24.3 Å². The van der Waals surface area contributed by atoms with Gasteiger partial charge in [-0.1, -0.05) is 13.8 Å². The molecule has 7 heteroatoms. The van der Waals surface area contributed by atoms with Crippen molar-refractivity contribution < 1.29 is 14.3 Å². The van der Waals surface area contributed by atoms with Crippen LogP contribution < -0.4 is 11.1 Å². The molecule has 0 aliphatic heterocycles. The van der Waals surface area contributed by atoms with Crippen molar-refractivity contribution >= 4 is 17.6 Å². The Morgan fingerprint density at radius 3 is 2.71 bits per heavy atom. The highest BCUT2D eigenvalue weighted by molar-refractivity contribution is 5.78.